The minimum absolute atomic E-state index is 0.289. The highest BCUT2D eigenvalue weighted by Crippen LogP contribution is 2.35. The third kappa shape index (κ3) is 7.31. The molecule has 0 saturated carbocycles. The number of imidazole rings is 1. The van der Waals surface area contributed by atoms with Crippen LogP contribution in [0.1, 0.15) is 36.7 Å². The van der Waals surface area contributed by atoms with Crippen molar-refractivity contribution in [3.8, 4) is 0 Å². The van der Waals surface area contributed by atoms with Gasteiger partial charge in [-0.1, -0.05) is 0 Å². The number of rotatable bonds is 14. The van der Waals surface area contributed by atoms with Crippen LogP contribution in [0.4, 0.5) is 5.82 Å². The van der Waals surface area contributed by atoms with E-state index in [1.165, 1.54) is 6.33 Å². The number of anilines is 1. The van der Waals surface area contributed by atoms with Gasteiger partial charge in [-0.3, -0.25) is 15.1 Å². The lowest BCUT2D eigenvalue weighted by Crippen LogP contribution is -2.57. The predicted octanol–water partition coefficient (Wildman–Crippen LogP) is -0.839. The minimum atomic E-state index is -3.59. The van der Waals surface area contributed by atoms with Crippen LogP contribution in [0.2, 0.25) is 0 Å². The largest absolute Gasteiger partial charge is 0.365 e. The van der Waals surface area contributed by atoms with E-state index in [-0.39, 0.29) is 24.1 Å². The molecule has 30 heavy (non-hydrogen) atoms. The number of fused-ring (bicyclic) bond motifs is 1. The Balaban J connectivity index is 1.72. The Morgan fingerprint density at radius 3 is 2.83 bits per heavy atom. The fraction of sp³-hybridized carbons (Fsp3) is 0.765. The van der Waals surface area contributed by atoms with Crippen molar-refractivity contribution in [1.29, 1.82) is 0 Å². The fourth-order valence-electron chi connectivity index (χ4n) is 3.06. The summed E-state index contributed by atoms with van der Waals surface area (Å²) in [7, 11) is -1.84. The Hall–Kier alpha value is -1.53. The van der Waals surface area contributed by atoms with E-state index >= 15 is 0 Å². The average molecular weight is 446 g/mol. The summed E-state index contributed by atoms with van der Waals surface area (Å²) < 4.78 is 19.6. The molecule has 2 rings (SSSR count). The molecule has 0 spiro atoms. The van der Waals surface area contributed by atoms with Crippen LogP contribution in [0.5, 0.6) is 0 Å². The summed E-state index contributed by atoms with van der Waals surface area (Å²) >= 11 is 0. The molecular formula is C17H35N8O4P. The van der Waals surface area contributed by atoms with Crippen molar-refractivity contribution < 1.29 is 19.0 Å². The summed E-state index contributed by atoms with van der Waals surface area (Å²) in [6.45, 7) is 4.93. The zero-order valence-corrected chi connectivity index (χ0v) is 18.6. The van der Waals surface area contributed by atoms with Gasteiger partial charge in [-0.2, -0.15) is 0 Å². The number of nitrogens with two attached hydrogens (primary N) is 2. The molecular weight excluding hydrogens is 411 g/mol. The molecule has 0 fully saturated rings. The van der Waals surface area contributed by atoms with Gasteiger partial charge in [0.05, 0.1) is 19.0 Å². The van der Waals surface area contributed by atoms with E-state index in [1.807, 2.05) is 0 Å². The Bertz CT molecular complexity index is 731. The molecule has 0 aliphatic carbocycles. The van der Waals surface area contributed by atoms with Crippen molar-refractivity contribution in [3.05, 3.63) is 12.0 Å². The van der Waals surface area contributed by atoms with Crippen molar-refractivity contribution in [1.82, 2.24) is 25.3 Å². The number of carbonyl (C=O) groups excluding carboxylic acids is 1. The first-order chi connectivity index (χ1) is 14.2. The molecule has 1 aromatic rings. The number of carbonyl (C=O) groups is 1. The summed E-state index contributed by atoms with van der Waals surface area (Å²) in [4.78, 5) is 27.9. The van der Waals surface area contributed by atoms with E-state index < -0.39 is 13.8 Å². The standard InChI is InChI=1S/C17H35N8O4P/c1-13(10-25-11-21-14-15(26)23-17(19)24(2)16(14)25)29-12-30(27,28)22-9-5-8-20-7-4-3-6-18/h11,13,17,20H,3-10,12,18-19H2,1-2H3,(H,23,26)(H2,22,27,28). The van der Waals surface area contributed by atoms with Gasteiger partial charge in [0.1, 0.15) is 12.2 Å². The summed E-state index contributed by atoms with van der Waals surface area (Å²) in [5, 5.41) is 8.55. The van der Waals surface area contributed by atoms with Crippen molar-refractivity contribution >= 4 is 19.2 Å². The minimum Gasteiger partial charge on any atom is -0.365 e. The maximum absolute atomic E-state index is 12.3. The van der Waals surface area contributed by atoms with Crippen LogP contribution in [0.15, 0.2) is 6.33 Å². The second-order valence-corrected chi connectivity index (χ2v) is 9.39. The van der Waals surface area contributed by atoms with Crippen molar-refractivity contribution in [2.24, 2.45) is 11.5 Å². The highest BCUT2D eigenvalue weighted by atomic mass is 31.2. The van der Waals surface area contributed by atoms with Crippen LogP contribution < -0.4 is 32.1 Å². The average Bonchev–Trinajstić information content (AvgIpc) is 3.11. The Morgan fingerprint density at radius 1 is 1.37 bits per heavy atom. The molecule has 12 nitrogen and oxygen atoms in total. The molecule has 8 N–H and O–H groups in total. The zero-order valence-electron chi connectivity index (χ0n) is 17.7. The number of ether oxygens (including phenoxy) is 1. The third-order valence-electron chi connectivity index (χ3n) is 4.74. The second-order valence-electron chi connectivity index (χ2n) is 7.41. The number of nitrogens with one attached hydrogen (secondary N) is 3. The monoisotopic (exact) mass is 446 g/mol. The van der Waals surface area contributed by atoms with Gasteiger partial charge in [0.15, 0.2) is 12.0 Å². The first-order valence-electron chi connectivity index (χ1n) is 10.2. The van der Waals surface area contributed by atoms with E-state index in [4.69, 9.17) is 16.2 Å². The molecule has 1 aromatic heterocycles. The normalized spacial score (nSPS) is 19.3. The van der Waals surface area contributed by atoms with Gasteiger partial charge in [-0.25, -0.2) is 10.1 Å². The van der Waals surface area contributed by atoms with Gasteiger partial charge in [0, 0.05) is 13.6 Å². The van der Waals surface area contributed by atoms with Gasteiger partial charge in [0.2, 0.25) is 0 Å². The van der Waals surface area contributed by atoms with E-state index in [2.05, 4.69) is 20.7 Å². The van der Waals surface area contributed by atoms with Crippen LogP contribution in [-0.4, -0.2) is 72.3 Å². The third-order valence-corrected chi connectivity index (χ3v) is 5.96. The number of hydrogen-bond acceptors (Lipinski definition) is 8. The molecule has 0 saturated heterocycles. The molecule has 13 heteroatoms. The van der Waals surface area contributed by atoms with Crippen LogP contribution in [-0.2, 0) is 15.8 Å². The van der Waals surface area contributed by atoms with Crippen LogP contribution >= 0.6 is 7.52 Å². The first kappa shape index (κ1) is 24.7. The van der Waals surface area contributed by atoms with Gasteiger partial charge in [-0.15, -0.1) is 0 Å². The van der Waals surface area contributed by atoms with E-state index in [1.54, 1.807) is 23.4 Å². The smallest absolute Gasteiger partial charge is 0.292 e. The Labute approximate surface area is 177 Å². The maximum Gasteiger partial charge on any atom is 0.292 e. The Morgan fingerprint density at radius 2 is 2.10 bits per heavy atom. The molecule has 172 valence electrons. The fourth-order valence-corrected chi connectivity index (χ4v) is 4.12. The lowest BCUT2D eigenvalue weighted by atomic mass is 10.3. The van der Waals surface area contributed by atoms with Gasteiger partial charge in [-0.05, 0) is 45.8 Å². The molecule has 3 atom stereocenters. The summed E-state index contributed by atoms with van der Waals surface area (Å²) in [6.07, 6.45) is 2.98. The van der Waals surface area contributed by atoms with Gasteiger partial charge >= 0.3 is 0 Å². The molecule has 3 unspecified atom stereocenters. The lowest BCUT2D eigenvalue weighted by Gasteiger charge is -2.32. The summed E-state index contributed by atoms with van der Waals surface area (Å²) in [5.74, 6) is 0.256. The summed E-state index contributed by atoms with van der Waals surface area (Å²) in [5.41, 5.74) is 11.6. The van der Waals surface area contributed by atoms with Crippen LogP contribution in [0, 0.1) is 0 Å². The second kappa shape index (κ2) is 11.8. The number of nitrogens with zero attached hydrogens (tertiary/aromatic N) is 3. The molecule has 0 aromatic carbocycles. The number of amides is 1. The van der Waals surface area contributed by atoms with Gasteiger partial charge < -0.3 is 35.5 Å². The number of aromatic nitrogens is 2. The van der Waals surface area contributed by atoms with Crippen LogP contribution in [0.25, 0.3) is 0 Å². The Kier molecular flexibility index (Phi) is 9.69. The topological polar surface area (TPSA) is 173 Å². The van der Waals surface area contributed by atoms with Crippen molar-refractivity contribution in [2.45, 2.75) is 45.1 Å². The van der Waals surface area contributed by atoms with E-state index in [9.17, 15) is 14.3 Å². The predicted molar refractivity (Wildman–Crippen MR) is 115 cm³/mol. The molecule has 1 amide bonds. The summed E-state index contributed by atoms with van der Waals surface area (Å²) in [6, 6.07) is 0. The quantitative estimate of drug-likeness (QED) is 0.156. The molecule has 0 radical (unpaired) electrons. The van der Waals surface area contributed by atoms with Crippen LogP contribution in [0.3, 0.4) is 0 Å². The zero-order chi connectivity index (χ0) is 22.1. The molecule has 1 aliphatic heterocycles. The van der Waals surface area contributed by atoms with Crippen molar-refractivity contribution in [2.75, 3.05) is 44.5 Å². The van der Waals surface area contributed by atoms with E-state index in [0.29, 0.717) is 25.5 Å². The highest BCUT2D eigenvalue weighted by molar-refractivity contribution is 7.55. The maximum atomic E-state index is 12.3. The van der Waals surface area contributed by atoms with Crippen molar-refractivity contribution in [3.63, 3.8) is 0 Å². The van der Waals surface area contributed by atoms with Gasteiger partial charge in [0.25, 0.3) is 13.4 Å². The number of hydrogen-bond donors (Lipinski definition) is 6. The van der Waals surface area contributed by atoms with E-state index in [0.717, 1.165) is 32.4 Å². The lowest BCUT2D eigenvalue weighted by molar-refractivity contribution is 0.0807. The SMILES string of the molecule is CC(Cn1cnc2c1N(C)C(N)NC2=O)OCP(=O)(O)NCCCNCCCCN. The highest BCUT2D eigenvalue weighted by Gasteiger charge is 2.31. The number of unbranched alkanes of at least 4 members (excludes halogenated alkanes) is 1. The molecule has 2 heterocycles. The molecule has 0 bridgehead atoms. The molecule has 1 aliphatic rings. The first-order valence-corrected chi connectivity index (χ1v) is 12.0.